The number of carbonyl (C=O) groups excluding carboxylic acids is 2. The molecule has 25 heavy (non-hydrogen) atoms. The van der Waals surface area contributed by atoms with Gasteiger partial charge < -0.3 is 10.2 Å². The summed E-state index contributed by atoms with van der Waals surface area (Å²) in [5.41, 5.74) is 1.32. The molecule has 1 saturated carbocycles. The highest BCUT2D eigenvalue weighted by Crippen LogP contribution is 2.32. The zero-order chi connectivity index (χ0) is 17.8. The summed E-state index contributed by atoms with van der Waals surface area (Å²) in [5, 5.41) is 13.1. The highest BCUT2D eigenvalue weighted by atomic mass is 16.6. The summed E-state index contributed by atoms with van der Waals surface area (Å²) in [6.45, 7) is 1.34. The molecule has 1 aromatic rings. The first-order valence-electron chi connectivity index (χ1n) is 8.77. The third kappa shape index (κ3) is 4.55. The highest BCUT2D eigenvalue weighted by molar-refractivity contribution is 5.87. The third-order valence-electron chi connectivity index (χ3n) is 5.11. The van der Waals surface area contributed by atoms with Crippen molar-refractivity contribution in [2.45, 2.75) is 31.7 Å². The second kappa shape index (κ2) is 7.63. The lowest BCUT2D eigenvalue weighted by Crippen LogP contribution is -2.44. The number of likely N-dealkylation sites (tertiary alicyclic amines) is 1. The number of rotatable bonds is 6. The zero-order valence-electron chi connectivity index (χ0n) is 14.1. The molecule has 1 N–H and O–H groups in total. The predicted octanol–water partition coefficient (Wildman–Crippen LogP) is 1.25. The maximum Gasteiger partial charge on any atom is 0.241 e. The molecule has 2 amide bonds. The van der Waals surface area contributed by atoms with E-state index in [1.165, 1.54) is 5.56 Å². The number of nitrogens with one attached hydrogen (secondary N) is 1. The van der Waals surface area contributed by atoms with Crippen LogP contribution < -0.4 is 5.32 Å². The van der Waals surface area contributed by atoms with Gasteiger partial charge in [0, 0.05) is 24.4 Å². The third-order valence-corrected chi connectivity index (χ3v) is 5.11. The molecule has 7 heteroatoms. The molecule has 3 rings (SSSR count). The number of piperidine rings is 1. The Hall–Kier alpha value is -2.44. The summed E-state index contributed by atoms with van der Waals surface area (Å²) < 4.78 is 0. The fourth-order valence-electron chi connectivity index (χ4n) is 3.44. The number of hydrogen-bond donors (Lipinski definition) is 1. The second-order valence-electron chi connectivity index (χ2n) is 6.93. The van der Waals surface area contributed by atoms with Gasteiger partial charge in [0.15, 0.2) is 0 Å². The lowest BCUT2D eigenvalue weighted by molar-refractivity contribution is -0.497. The van der Waals surface area contributed by atoms with Gasteiger partial charge in [-0.15, -0.1) is 0 Å². The van der Waals surface area contributed by atoms with Gasteiger partial charge in [-0.05, 0) is 30.7 Å². The fourth-order valence-corrected chi connectivity index (χ4v) is 3.44. The lowest BCUT2D eigenvalue weighted by atomic mass is 9.90. The highest BCUT2D eigenvalue weighted by Gasteiger charge is 2.53. The van der Waals surface area contributed by atoms with E-state index >= 15 is 0 Å². The van der Waals surface area contributed by atoms with E-state index < -0.39 is 16.9 Å². The SMILES string of the molecule is O=C(NCC(=O)N1CCC(Cc2ccccc2)CC1)[C@@H]1C[C@@H]1[N+](=O)[O-]. The molecule has 134 valence electrons. The van der Waals surface area contributed by atoms with Gasteiger partial charge in [-0.2, -0.15) is 0 Å². The van der Waals surface area contributed by atoms with Crippen LogP contribution in [0, 0.1) is 22.0 Å². The van der Waals surface area contributed by atoms with Gasteiger partial charge in [-0.3, -0.25) is 19.7 Å². The minimum absolute atomic E-state index is 0.0663. The van der Waals surface area contributed by atoms with E-state index in [1.807, 2.05) is 18.2 Å². The summed E-state index contributed by atoms with van der Waals surface area (Å²) in [5.74, 6) is -0.480. The van der Waals surface area contributed by atoms with E-state index in [9.17, 15) is 19.7 Å². The van der Waals surface area contributed by atoms with Crippen LogP contribution in [0.1, 0.15) is 24.8 Å². The monoisotopic (exact) mass is 345 g/mol. The molecule has 0 bridgehead atoms. The van der Waals surface area contributed by atoms with Gasteiger partial charge in [0.2, 0.25) is 17.9 Å². The van der Waals surface area contributed by atoms with Gasteiger partial charge >= 0.3 is 0 Å². The standard InChI is InChI=1S/C18H23N3O4/c22-17(12-19-18(23)15-11-16(15)21(24)25)20-8-6-14(7-9-20)10-13-4-2-1-3-5-13/h1-5,14-16H,6-12H2,(H,19,23)/t15-,16+/m1/s1. The molecule has 0 radical (unpaired) electrons. The number of benzene rings is 1. The van der Waals surface area contributed by atoms with Gasteiger partial charge in [0.1, 0.15) is 5.92 Å². The van der Waals surface area contributed by atoms with Crippen molar-refractivity contribution >= 4 is 11.8 Å². The van der Waals surface area contributed by atoms with Crippen LogP contribution in [0.25, 0.3) is 0 Å². The van der Waals surface area contributed by atoms with E-state index in [4.69, 9.17) is 0 Å². The molecule has 1 aliphatic heterocycles. The Kier molecular flexibility index (Phi) is 5.31. The fraction of sp³-hybridized carbons (Fsp3) is 0.556. The van der Waals surface area contributed by atoms with Gasteiger partial charge in [-0.1, -0.05) is 30.3 Å². The average molecular weight is 345 g/mol. The smallest absolute Gasteiger partial charge is 0.241 e. The first-order valence-corrected chi connectivity index (χ1v) is 8.77. The van der Waals surface area contributed by atoms with E-state index in [2.05, 4.69) is 17.4 Å². The first kappa shape index (κ1) is 17.4. The molecule has 2 fully saturated rings. The van der Waals surface area contributed by atoms with Crippen LogP contribution in [0.5, 0.6) is 0 Å². The normalized spacial score (nSPS) is 23.1. The van der Waals surface area contributed by atoms with Crippen LogP contribution in [0.15, 0.2) is 30.3 Å². The van der Waals surface area contributed by atoms with E-state index in [-0.39, 0.29) is 24.8 Å². The molecule has 0 unspecified atom stereocenters. The van der Waals surface area contributed by atoms with Gasteiger partial charge in [0.05, 0.1) is 6.54 Å². The average Bonchev–Trinajstić information content (AvgIpc) is 3.42. The van der Waals surface area contributed by atoms with E-state index in [0.717, 1.165) is 19.3 Å². The Balaban J connectivity index is 1.37. The topological polar surface area (TPSA) is 92.6 Å². The summed E-state index contributed by atoms with van der Waals surface area (Å²) in [7, 11) is 0. The number of amides is 2. The molecule has 1 aromatic carbocycles. The maximum absolute atomic E-state index is 12.2. The van der Waals surface area contributed by atoms with Crippen LogP contribution in [0.4, 0.5) is 0 Å². The van der Waals surface area contributed by atoms with Crippen molar-refractivity contribution in [3.05, 3.63) is 46.0 Å². The minimum Gasteiger partial charge on any atom is -0.347 e. The van der Waals surface area contributed by atoms with Crippen molar-refractivity contribution < 1.29 is 14.5 Å². The maximum atomic E-state index is 12.2. The van der Waals surface area contributed by atoms with Gasteiger partial charge in [-0.25, -0.2) is 0 Å². The number of hydrogen-bond acceptors (Lipinski definition) is 4. The van der Waals surface area contributed by atoms with Crippen LogP contribution in [-0.2, 0) is 16.0 Å². The van der Waals surface area contributed by atoms with Crippen molar-refractivity contribution in [3.63, 3.8) is 0 Å². The molecule has 2 atom stereocenters. The van der Waals surface area contributed by atoms with E-state index in [1.54, 1.807) is 4.90 Å². The van der Waals surface area contributed by atoms with E-state index in [0.29, 0.717) is 19.0 Å². The molecule has 1 saturated heterocycles. The Morgan fingerprint density at radius 2 is 1.88 bits per heavy atom. The second-order valence-corrected chi connectivity index (χ2v) is 6.93. The number of nitro groups is 1. The molecule has 7 nitrogen and oxygen atoms in total. The van der Waals surface area contributed by atoms with Crippen molar-refractivity contribution in [2.24, 2.45) is 11.8 Å². The lowest BCUT2D eigenvalue weighted by Gasteiger charge is -2.32. The summed E-state index contributed by atoms with van der Waals surface area (Å²) >= 11 is 0. The largest absolute Gasteiger partial charge is 0.347 e. The van der Waals surface area contributed by atoms with Crippen LogP contribution in [-0.4, -0.2) is 47.3 Å². The minimum atomic E-state index is -0.774. The van der Waals surface area contributed by atoms with Crippen molar-refractivity contribution in [1.82, 2.24) is 10.2 Å². The molecule has 1 heterocycles. The molecule has 0 aromatic heterocycles. The molecule has 0 spiro atoms. The number of carbonyl (C=O) groups is 2. The van der Waals surface area contributed by atoms with Crippen LogP contribution in [0.2, 0.25) is 0 Å². The van der Waals surface area contributed by atoms with Crippen molar-refractivity contribution in [1.29, 1.82) is 0 Å². The molecular formula is C18H23N3O4. The van der Waals surface area contributed by atoms with Crippen LogP contribution in [0.3, 0.4) is 0 Å². The van der Waals surface area contributed by atoms with Crippen molar-refractivity contribution in [2.75, 3.05) is 19.6 Å². The molecular weight excluding hydrogens is 322 g/mol. The zero-order valence-corrected chi connectivity index (χ0v) is 14.1. The Morgan fingerprint density at radius 3 is 2.48 bits per heavy atom. The predicted molar refractivity (Wildman–Crippen MR) is 91.3 cm³/mol. The summed E-state index contributed by atoms with van der Waals surface area (Å²) in [6, 6.07) is 9.57. The summed E-state index contributed by atoms with van der Waals surface area (Å²) in [6.07, 6.45) is 3.22. The first-order chi connectivity index (χ1) is 12.0. The Labute approximate surface area is 146 Å². The van der Waals surface area contributed by atoms with Crippen molar-refractivity contribution in [3.8, 4) is 0 Å². The number of nitrogens with zero attached hydrogens (tertiary/aromatic N) is 2. The molecule has 1 aliphatic carbocycles. The quantitative estimate of drug-likeness (QED) is 0.620. The Morgan fingerprint density at radius 1 is 1.20 bits per heavy atom. The van der Waals surface area contributed by atoms with Gasteiger partial charge in [0.25, 0.3) is 0 Å². The summed E-state index contributed by atoms with van der Waals surface area (Å²) in [4.78, 5) is 35.9. The molecule has 2 aliphatic rings. The van der Waals surface area contributed by atoms with Crippen LogP contribution >= 0.6 is 0 Å². The Bertz CT molecular complexity index is 641.